The molecule has 2 aromatic rings. The first-order valence-corrected chi connectivity index (χ1v) is 8.58. The minimum absolute atomic E-state index is 0.116. The molecule has 0 unspecified atom stereocenters. The largest absolute Gasteiger partial charge is 0.323 e. The van der Waals surface area contributed by atoms with Gasteiger partial charge in [-0.25, -0.2) is 4.39 Å². The predicted octanol–water partition coefficient (Wildman–Crippen LogP) is 3.52. The summed E-state index contributed by atoms with van der Waals surface area (Å²) in [5, 5.41) is 2.60. The van der Waals surface area contributed by atoms with Gasteiger partial charge in [-0.15, -0.1) is 0 Å². The fourth-order valence-corrected chi connectivity index (χ4v) is 3.47. The van der Waals surface area contributed by atoms with E-state index in [0.29, 0.717) is 19.4 Å². The van der Waals surface area contributed by atoms with E-state index in [2.05, 4.69) is 5.32 Å². The van der Waals surface area contributed by atoms with Crippen molar-refractivity contribution in [1.82, 2.24) is 0 Å². The molecule has 0 atom stereocenters. The van der Waals surface area contributed by atoms with Crippen molar-refractivity contribution in [1.29, 1.82) is 0 Å². The molecule has 0 radical (unpaired) electrons. The van der Waals surface area contributed by atoms with E-state index in [1.165, 1.54) is 12.1 Å². The van der Waals surface area contributed by atoms with Gasteiger partial charge in [0.05, 0.1) is 5.69 Å². The number of halogens is 1. The van der Waals surface area contributed by atoms with Crippen LogP contribution in [0.4, 0.5) is 15.8 Å². The summed E-state index contributed by atoms with van der Waals surface area (Å²) in [6.07, 6.45) is 2.83. The number of anilines is 2. The smallest absolute Gasteiger partial charge is 0.242 e. The van der Waals surface area contributed by atoms with Gasteiger partial charge in [-0.3, -0.25) is 9.59 Å². The van der Waals surface area contributed by atoms with Crippen LogP contribution in [-0.2, 0) is 16.0 Å². The van der Waals surface area contributed by atoms with E-state index in [9.17, 15) is 14.0 Å². The van der Waals surface area contributed by atoms with E-state index in [4.69, 9.17) is 0 Å². The molecule has 4 nitrogen and oxygen atoms in total. The molecule has 1 N–H and O–H groups in total. The first-order valence-electron chi connectivity index (χ1n) is 8.58. The number of para-hydroxylation sites is 2. The average Bonchev–Trinajstić information content (AvgIpc) is 3.44. The van der Waals surface area contributed by atoms with E-state index < -0.39 is 17.1 Å². The topological polar surface area (TPSA) is 49.4 Å². The quantitative estimate of drug-likeness (QED) is 0.871. The zero-order chi connectivity index (χ0) is 17.4. The van der Waals surface area contributed by atoms with Gasteiger partial charge in [0.1, 0.15) is 11.2 Å². The van der Waals surface area contributed by atoms with Gasteiger partial charge in [0, 0.05) is 12.2 Å². The number of benzene rings is 2. The van der Waals surface area contributed by atoms with Gasteiger partial charge in [-0.05, 0) is 49.4 Å². The molecule has 0 bridgehead atoms. The van der Waals surface area contributed by atoms with Crippen LogP contribution in [0.2, 0.25) is 0 Å². The first-order chi connectivity index (χ1) is 12.1. The zero-order valence-electron chi connectivity index (χ0n) is 13.8. The molecule has 0 saturated heterocycles. The van der Waals surface area contributed by atoms with Gasteiger partial charge in [-0.1, -0.05) is 30.3 Å². The number of nitrogens with one attached hydrogen (secondary N) is 1. The summed E-state index contributed by atoms with van der Waals surface area (Å²) in [6, 6.07) is 13.8. The molecule has 5 heteroatoms. The second kappa shape index (κ2) is 5.99. The molecule has 1 saturated carbocycles. The van der Waals surface area contributed by atoms with Crippen molar-refractivity contribution in [2.75, 3.05) is 16.8 Å². The molecule has 25 heavy (non-hydrogen) atoms. The number of amides is 2. The zero-order valence-corrected chi connectivity index (χ0v) is 13.8. The van der Waals surface area contributed by atoms with Crippen LogP contribution in [0.3, 0.4) is 0 Å². The highest BCUT2D eigenvalue weighted by Crippen LogP contribution is 2.49. The van der Waals surface area contributed by atoms with E-state index in [-0.39, 0.29) is 11.6 Å². The fourth-order valence-electron chi connectivity index (χ4n) is 3.47. The Morgan fingerprint density at radius 3 is 2.52 bits per heavy atom. The second-order valence-electron chi connectivity index (χ2n) is 6.71. The molecular formula is C20H19FN2O2. The Kier molecular flexibility index (Phi) is 3.79. The first kappa shape index (κ1) is 15.8. The lowest BCUT2D eigenvalue weighted by Gasteiger charge is -2.32. The van der Waals surface area contributed by atoms with Gasteiger partial charge in [0.25, 0.3) is 0 Å². The van der Waals surface area contributed by atoms with Crippen molar-refractivity contribution in [3.05, 3.63) is 59.9 Å². The van der Waals surface area contributed by atoms with Crippen LogP contribution in [0.15, 0.2) is 48.5 Å². The number of carbonyl (C=O) groups excluding carboxylic acids is 2. The number of rotatable bonds is 3. The highest BCUT2D eigenvalue weighted by atomic mass is 19.1. The Morgan fingerprint density at radius 1 is 1.04 bits per heavy atom. The summed E-state index contributed by atoms with van der Waals surface area (Å²) in [4.78, 5) is 27.6. The Hall–Kier alpha value is -2.69. The Bertz CT molecular complexity index is 845. The molecule has 128 valence electrons. The maximum atomic E-state index is 13.8. The standard InChI is InChI=1S/C20H19FN2O2/c21-15-8-2-3-9-16(15)22-18(24)20(11-12-20)19(25)23-13-5-7-14-6-1-4-10-17(14)23/h1-4,6,8-10H,5,7,11-13H2,(H,22,24). The Balaban J connectivity index is 1.58. The van der Waals surface area contributed by atoms with Gasteiger partial charge in [0.15, 0.2) is 0 Å². The highest BCUT2D eigenvalue weighted by molar-refractivity contribution is 6.18. The van der Waals surface area contributed by atoms with Crippen LogP contribution >= 0.6 is 0 Å². The lowest BCUT2D eigenvalue weighted by molar-refractivity contribution is -0.132. The number of hydrogen-bond donors (Lipinski definition) is 1. The van der Waals surface area contributed by atoms with Crippen LogP contribution < -0.4 is 10.2 Å². The minimum atomic E-state index is -1.06. The van der Waals surface area contributed by atoms with Crippen molar-refractivity contribution in [3.8, 4) is 0 Å². The molecule has 0 aromatic heterocycles. The number of carbonyl (C=O) groups is 2. The summed E-state index contributed by atoms with van der Waals surface area (Å²) in [5.74, 6) is -1.08. The minimum Gasteiger partial charge on any atom is -0.323 e. The molecule has 1 aliphatic heterocycles. The highest BCUT2D eigenvalue weighted by Gasteiger charge is 2.58. The van der Waals surface area contributed by atoms with E-state index >= 15 is 0 Å². The van der Waals surface area contributed by atoms with E-state index in [1.54, 1.807) is 17.0 Å². The third-order valence-electron chi connectivity index (χ3n) is 5.07. The van der Waals surface area contributed by atoms with E-state index in [1.807, 2.05) is 24.3 Å². The lowest BCUT2D eigenvalue weighted by Crippen LogP contribution is -2.45. The molecular weight excluding hydrogens is 319 g/mol. The van der Waals surface area contributed by atoms with Crippen molar-refractivity contribution in [3.63, 3.8) is 0 Å². The maximum absolute atomic E-state index is 13.8. The van der Waals surface area contributed by atoms with Gasteiger partial charge < -0.3 is 10.2 Å². The number of fused-ring (bicyclic) bond motifs is 1. The SMILES string of the molecule is O=C(Nc1ccccc1F)C1(C(=O)N2CCCc3ccccc32)CC1. The van der Waals surface area contributed by atoms with Crippen molar-refractivity contribution < 1.29 is 14.0 Å². The third-order valence-corrected chi connectivity index (χ3v) is 5.07. The molecule has 1 fully saturated rings. The van der Waals surface area contributed by atoms with Crippen LogP contribution in [0, 0.1) is 11.2 Å². The number of hydrogen-bond acceptors (Lipinski definition) is 2. The Labute approximate surface area is 145 Å². The van der Waals surface area contributed by atoms with Crippen LogP contribution in [-0.4, -0.2) is 18.4 Å². The molecule has 4 rings (SSSR count). The Morgan fingerprint density at radius 2 is 1.76 bits per heavy atom. The summed E-state index contributed by atoms with van der Waals surface area (Å²) in [6.45, 7) is 0.616. The van der Waals surface area contributed by atoms with E-state index in [0.717, 1.165) is 24.1 Å². The number of nitrogens with zero attached hydrogens (tertiary/aromatic N) is 1. The maximum Gasteiger partial charge on any atom is 0.242 e. The number of aryl methyl sites for hydroxylation is 1. The molecule has 2 amide bonds. The predicted molar refractivity (Wildman–Crippen MR) is 93.8 cm³/mol. The normalized spacial score (nSPS) is 17.6. The van der Waals surface area contributed by atoms with Gasteiger partial charge in [-0.2, -0.15) is 0 Å². The summed E-state index contributed by atoms with van der Waals surface area (Å²) in [5.41, 5.74) is 1.08. The van der Waals surface area contributed by atoms with Gasteiger partial charge >= 0.3 is 0 Å². The molecule has 2 aromatic carbocycles. The summed E-state index contributed by atoms with van der Waals surface area (Å²) >= 11 is 0. The van der Waals surface area contributed by atoms with Crippen molar-refractivity contribution in [2.45, 2.75) is 25.7 Å². The lowest BCUT2D eigenvalue weighted by atomic mass is 9.97. The second-order valence-corrected chi connectivity index (χ2v) is 6.71. The van der Waals surface area contributed by atoms with Crippen LogP contribution in [0.25, 0.3) is 0 Å². The average molecular weight is 338 g/mol. The third kappa shape index (κ3) is 2.69. The van der Waals surface area contributed by atoms with Crippen LogP contribution in [0.1, 0.15) is 24.8 Å². The van der Waals surface area contributed by atoms with Gasteiger partial charge in [0.2, 0.25) is 11.8 Å². The molecule has 1 heterocycles. The summed E-state index contributed by atoms with van der Waals surface area (Å²) < 4.78 is 13.8. The molecule has 1 aliphatic carbocycles. The van der Waals surface area contributed by atoms with Crippen LogP contribution in [0.5, 0.6) is 0 Å². The van der Waals surface area contributed by atoms with Crippen molar-refractivity contribution in [2.24, 2.45) is 5.41 Å². The molecule has 2 aliphatic rings. The molecule has 0 spiro atoms. The monoisotopic (exact) mass is 338 g/mol. The summed E-state index contributed by atoms with van der Waals surface area (Å²) in [7, 11) is 0. The fraction of sp³-hybridized carbons (Fsp3) is 0.300. The van der Waals surface area contributed by atoms with Crippen molar-refractivity contribution >= 4 is 23.2 Å².